The van der Waals surface area contributed by atoms with Crippen LogP contribution in [0.15, 0.2) is 85.2 Å². The van der Waals surface area contributed by atoms with Crippen molar-refractivity contribution in [3.05, 3.63) is 142 Å². The van der Waals surface area contributed by atoms with E-state index in [-0.39, 0.29) is 102 Å². The molecule has 4 fully saturated rings. The number of carboxylic acids is 1. The average Bonchev–Trinajstić information content (AvgIpc) is 4.37. The summed E-state index contributed by atoms with van der Waals surface area (Å²) in [4.78, 5) is 45.4. The van der Waals surface area contributed by atoms with Gasteiger partial charge in [0.2, 0.25) is 11.8 Å². The van der Waals surface area contributed by atoms with Crippen LogP contribution in [0.4, 0.5) is 20.4 Å². The van der Waals surface area contributed by atoms with Gasteiger partial charge in [0, 0.05) is 121 Å². The predicted molar refractivity (Wildman–Crippen MR) is 284 cm³/mol. The summed E-state index contributed by atoms with van der Waals surface area (Å²) in [5.74, 6) is 2.63. The van der Waals surface area contributed by atoms with E-state index in [1.807, 2.05) is 56.4 Å². The van der Waals surface area contributed by atoms with Crippen molar-refractivity contribution in [1.82, 2.24) is 19.9 Å². The van der Waals surface area contributed by atoms with Crippen molar-refractivity contribution in [1.29, 1.82) is 0 Å². The van der Waals surface area contributed by atoms with Gasteiger partial charge in [-0.05, 0) is 133 Å². The van der Waals surface area contributed by atoms with E-state index in [1.54, 1.807) is 37.4 Å². The molecular weight excluding hydrogens is 1040 g/mol. The third kappa shape index (κ3) is 11.7. The fraction of sp³-hybridized carbons (Fsp3) is 0.404. The van der Waals surface area contributed by atoms with Crippen molar-refractivity contribution >= 4 is 43.1 Å². The smallest absolute Gasteiger partial charge is 0.870 e. The largest absolute Gasteiger partial charge is 1.00 e. The maximum Gasteiger partial charge on any atom is 1.00 e. The zero-order valence-electron chi connectivity index (χ0n) is 44.2. The zero-order chi connectivity index (χ0) is 53.5. The van der Waals surface area contributed by atoms with Crippen molar-refractivity contribution in [2.45, 2.75) is 58.7 Å². The molecule has 12 rings (SSSR count). The van der Waals surface area contributed by atoms with Gasteiger partial charge in [-0.2, -0.15) is 0 Å². The van der Waals surface area contributed by atoms with Gasteiger partial charge in [-0.3, -0.25) is 9.59 Å². The van der Waals surface area contributed by atoms with Crippen LogP contribution in [0, 0.1) is 61.0 Å². The number of Topliss-reactive ketones (excluding diaryl/α,β-unsaturated/α-hetero) is 1. The number of aryl methyl sites for hydroxylation is 2. The maximum atomic E-state index is 14.7. The van der Waals surface area contributed by atoms with Gasteiger partial charge in [-0.1, -0.05) is 12.1 Å². The monoisotopic (exact) mass is 1100 g/mol. The van der Waals surface area contributed by atoms with E-state index in [1.165, 1.54) is 30.2 Å². The quantitative estimate of drug-likeness (QED) is 0.131. The molecule has 0 bridgehead atoms. The van der Waals surface area contributed by atoms with Crippen LogP contribution < -0.4 is 38.1 Å². The van der Waals surface area contributed by atoms with Crippen molar-refractivity contribution in [2.75, 3.05) is 60.0 Å². The van der Waals surface area contributed by atoms with Crippen LogP contribution in [0.25, 0.3) is 22.3 Å². The Hall–Kier alpha value is -6.30. The van der Waals surface area contributed by atoms with E-state index < -0.39 is 25.6 Å². The molecule has 6 atom stereocenters. The Morgan fingerprint density at radius 3 is 1.44 bits per heavy atom. The minimum absolute atomic E-state index is 0. The summed E-state index contributed by atoms with van der Waals surface area (Å²) in [6.45, 7) is 8.21. The number of aliphatic carboxylic acids is 1. The first-order valence-corrected chi connectivity index (χ1v) is 29.6. The minimum Gasteiger partial charge on any atom is -0.870 e. The molecule has 21 heteroatoms. The van der Waals surface area contributed by atoms with Crippen molar-refractivity contribution in [3.8, 4) is 34.0 Å². The fourth-order valence-electron chi connectivity index (χ4n) is 12.2. The van der Waals surface area contributed by atoms with E-state index in [9.17, 15) is 40.3 Å². The number of benzene rings is 2. The number of halogens is 2. The van der Waals surface area contributed by atoms with Gasteiger partial charge in [-0.15, -0.1) is 0 Å². The number of carbonyl (C=O) groups excluding carboxylic acids is 1. The van der Waals surface area contributed by atoms with E-state index in [0.717, 1.165) is 68.4 Å². The fourth-order valence-corrected chi connectivity index (χ4v) is 14.4. The third-order valence-electron chi connectivity index (χ3n) is 16.0. The number of carboxylic acid groups (broad SMARTS) is 1. The topological polar surface area (TPSA) is 229 Å². The van der Waals surface area contributed by atoms with Gasteiger partial charge in [0.05, 0.1) is 17.4 Å². The summed E-state index contributed by atoms with van der Waals surface area (Å²) < 4.78 is 87.1. The summed E-state index contributed by atoms with van der Waals surface area (Å²) in [6, 6.07) is 21.4. The van der Waals surface area contributed by atoms with Crippen LogP contribution in [0.5, 0.6) is 11.8 Å². The SMILES string of the molecule is CC(=O)[C@H]1[C@@H]2Cc3cc(OCc4cc(-c5ccc(N6CC(CS(C)(=O)=O)C6)nc5C)ccc4F)ncc3[C@@H]21.Cc1nc(N2CC(CS(C)(=O)=O)C2)ccc1-c1ccc(F)c(COc2cc3c(cn2)[C@H]2[C@@H](C3)[C@@H]2C(=O)O)c1.[Li+].[OH-]. The van der Waals surface area contributed by atoms with Crippen molar-refractivity contribution < 1.29 is 74.1 Å². The number of aromatic nitrogens is 4. The van der Waals surface area contributed by atoms with Crippen molar-refractivity contribution in [3.63, 3.8) is 0 Å². The number of rotatable bonds is 16. The molecule has 2 aromatic carbocycles. The number of hydrogen-bond acceptors (Lipinski definition) is 15. The molecule has 78 heavy (non-hydrogen) atoms. The van der Waals surface area contributed by atoms with E-state index in [2.05, 4.69) is 19.8 Å². The zero-order valence-corrected chi connectivity index (χ0v) is 45.8. The first-order valence-electron chi connectivity index (χ1n) is 25.5. The standard InChI is InChI=1S/C29H30FN3O4S.C28H28FN3O5S.Li.H2O/c1-16-22(5-7-26(32-16)33-12-18(13-33)15-38(3,35)36)19-4-6-25(30)21(8-19)14-37-27-10-20-9-23-28(17(2)34)29(23)24(20)11-31-27;1-15-20(4-6-24(31-15)32-11-16(12-32)14-38(2,35)36)17-3-5-23(29)19(7-17)13-37-25-9-18-8-21-26(22(18)10-30-25)27(21)28(33)34;;/h4-8,10-11,18,23,28-29H,9,12-15H2,1-3H3;3-7,9-10,16,21,26-27H,8,11-14H2,1-2H3,(H,33,34);;1H2/q;;+1;/p-1/t23-,28-,29+;21-,26-,27+;;/m01../s1. The maximum absolute atomic E-state index is 14.7. The van der Waals surface area contributed by atoms with Gasteiger partial charge in [0.25, 0.3) is 0 Å². The predicted octanol–water partition coefficient (Wildman–Crippen LogP) is 4.57. The van der Waals surface area contributed by atoms with E-state index in [0.29, 0.717) is 67.3 Å². The Bertz CT molecular complexity index is 3350. The van der Waals surface area contributed by atoms with E-state index in [4.69, 9.17) is 19.4 Å². The van der Waals surface area contributed by atoms with Crippen LogP contribution >= 0.6 is 0 Å². The molecule has 4 aromatic heterocycles. The second-order valence-electron chi connectivity index (χ2n) is 21.8. The first kappa shape index (κ1) is 56.4. The second-order valence-corrected chi connectivity index (χ2v) is 26.1. The number of ether oxygens (including phenoxy) is 2. The molecular formula is C57H59F2LiN6O10S2. The van der Waals surface area contributed by atoms with Crippen LogP contribution in [-0.2, 0) is 55.3 Å². The Morgan fingerprint density at radius 2 is 1.05 bits per heavy atom. The molecule has 0 spiro atoms. The third-order valence-corrected chi connectivity index (χ3v) is 18.1. The number of pyridine rings is 4. The number of anilines is 2. The Labute approximate surface area is 464 Å². The van der Waals surface area contributed by atoms with Gasteiger partial charge >= 0.3 is 24.8 Å². The van der Waals surface area contributed by atoms with E-state index >= 15 is 0 Å². The van der Waals surface area contributed by atoms with Gasteiger partial charge in [0.1, 0.15) is 61.9 Å². The number of nitrogens with zero attached hydrogens (tertiary/aromatic N) is 6. The number of hydrogen-bond donors (Lipinski definition) is 1. The molecule has 6 aromatic rings. The molecule has 4 aliphatic carbocycles. The first-order chi connectivity index (χ1) is 36.1. The summed E-state index contributed by atoms with van der Waals surface area (Å²) in [5.41, 5.74) is 10.2. The summed E-state index contributed by atoms with van der Waals surface area (Å²) in [6.07, 6.45) is 7.61. The normalized spacial score (nSPS) is 21.4. The molecule has 2 aliphatic heterocycles. The Morgan fingerprint density at radius 1 is 0.641 bits per heavy atom. The molecule has 6 heterocycles. The van der Waals surface area contributed by atoms with Crippen molar-refractivity contribution in [2.24, 2.45) is 35.5 Å². The number of fused-ring (bicyclic) bond motifs is 6. The molecule has 2 saturated heterocycles. The van der Waals surface area contributed by atoms with Crippen LogP contribution in [-0.4, -0.2) is 109 Å². The molecule has 0 radical (unpaired) electrons. The number of ketones is 1. The molecule has 0 amide bonds. The average molecular weight is 1100 g/mol. The van der Waals surface area contributed by atoms with Gasteiger partial charge in [0.15, 0.2) is 0 Å². The van der Waals surface area contributed by atoms with Crippen LogP contribution in [0.1, 0.15) is 63.5 Å². The number of sulfone groups is 2. The van der Waals surface area contributed by atoms with Gasteiger partial charge < -0.3 is 29.9 Å². The summed E-state index contributed by atoms with van der Waals surface area (Å²) in [7, 11) is -5.97. The van der Waals surface area contributed by atoms with Gasteiger partial charge in [-0.25, -0.2) is 45.6 Å². The minimum atomic E-state index is -2.99. The Kier molecular flexibility index (Phi) is 15.7. The molecule has 404 valence electrons. The van der Waals surface area contributed by atoms with Crippen LogP contribution in [0.3, 0.4) is 0 Å². The summed E-state index contributed by atoms with van der Waals surface area (Å²) in [5, 5.41) is 9.29. The Balaban J connectivity index is 0.000000185. The molecule has 16 nitrogen and oxygen atoms in total. The molecule has 0 unspecified atom stereocenters. The molecule has 2 N–H and O–H groups in total. The molecule has 6 aliphatic rings. The second kappa shape index (κ2) is 21.7. The number of carbonyl (C=O) groups is 2. The van der Waals surface area contributed by atoms with Crippen LogP contribution in [0.2, 0.25) is 0 Å². The summed E-state index contributed by atoms with van der Waals surface area (Å²) >= 11 is 0. The molecule has 2 saturated carbocycles.